The van der Waals surface area contributed by atoms with Crippen molar-refractivity contribution in [2.75, 3.05) is 19.8 Å². The van der Waals surface area contributed by atoms with E-state index in [0.29, 0.717) is 44.2 Å². The molecule has 2 saturated heterocycles. The van der Waals surface area contributed by atoms with Gasteiger partial charge >= 0.3 is 5.97 Å². The predicted molar refractivity (Wildman–Crippen MR) is 221 cm³/mol. The summed E-state index contributed by atoms with van der Waals surface area (Å²) in [5, 5.41) is 39.6. The lowest BCUT2D eigenvalue weighted by Gasteiger charge is -2.39. The van der Waals surface area contributed by atoms with E-state index in [1.807, 2.05) is 31.2 Å². The third kappa shape index (κ3) is 18.9. The molecular formula is C45H73NO11. The summed E-state index contributed by atoms with van der Waals surface area (Å²) in [5.41, 5.74) is 1.75. The second-order valence-corrected chi connectivity index (χ2v) is 15.7. The number of hydrogen-bond donors (Lipinski definition) is 4. The number of hydrogen-bond acceptors (Lipinski definition) is 11. The second-order valence-electron chi connectivity index (χ2n) is 15.7. The number of ether oxygens (including phenoxy) is 2. The highest BCUT2D eigenvalue weighted by Gasteiger charge is 2.50. The van der Waals surface area contributed by atoms with Crippen LogP contribution in [0.5, 0.6) is 0 Å². The van der Waals surface area contributed by atoms with Crippen LogP contribution in [-0.2, 0) is 33.4 Å². The molecule has 12 nitrogen and oxygen atoms in total. The average molecular weight is 804 g/mol. The number of ketones is 3. The molecule has 3 fully saturated rings. The highest BCUT2D eigenvalue weighted by Crippen LogP contribution is 2.31. The molecule has 0 aromatic carbocycles. The van der Waals surface area contributed by atoms with Crippen molar-refractivity contribution in [3.05, 3.63) is 47.6 Å². The largest absolute Gasteiger partial charge is 0.464 e. The number of aliphatic hydroxyl groups excluding tert-OH is 3. The van der Waals surface area contributed by atoms with Crippen LogP contribution in [0.25, 0.3) is 0 Å². The Hall–Kier alpha value is -3.29. The van der Waals surface area contributed by atoms with Crippen molar-refractivity contribution in [1.82, 2.24) is 4.90 Å². The Balaban J connectivity index is 0.000000486. The monoisotopic (exact) mass is 804 g/mol. The van der Waals surface area contributed by atoms with Gasteiger partial charge in [-0.25, -0.2) is 4.79 Å². The summed E-state index contributed by atoms with van der Waals surface area (Å²) < 4.78 is 10.4. The number of piperidine rings is 1. The van der Waals surface area contributed by atoms with E-state index in [9.17, 15) is 39.3 Å². The maximum Gasteiger partial charge on any atom is 0.328 e. The number of rotatable bonds is 17. The van der Waals surface area contributed by atoms with E-state index in [1.54, 1.807) is 26.8 Å². The molecule has 3 rings (SSSR count). The molecular weight excluding hydrogens is 730 g/mol. The molecule has 2 heterocycles. The van der Waals surface area contributed by atoms with Crippen molar-refractivity contribution < 1.29 is 53.9 Å². The highest BCUT2D eigenvalue weighted by atomic mass is 16.6. The number of allylic oxidation sites excluding steroid dienone is 7. The molecule has 0 spiro atoms. The van der Waals surface area contributed by atoms with Crippen molar-refractivity contribution in [3.63, 3.8) is 0 Å². The van der Waals surface area contributed by atoms with Crippen molar-refractivity contribution in [3.8, 4) is 0 Å². The standard InChI is InChI=1S/C22H34O4.C17H27NO6.C6H12O/c1-6-16(2)12-10-8-7-9-11-13-17(3)20(24)22(26)21(25)18(4)14-15-19(5)23;1-3-10-23-16(21)13-8-4-5-9-18(13)15(20)14(19)17(22)12(2)7-6-11-24-17;7-6-4-2-1-3-5-6/h7-10,12,14,17,21-22,25-26H,6,11,13,15H2,1-5H3;12-13,22H,3-11H2,1-2H3;6-7H,1-5H2/b9-7+,10-8+,16-12+,18-14+;;/t17?,21?,22-;;/m0../s1. The first-order chi connectivity index (χ1) is 27.0. The molecule has 3 aliphatic rings. The molecule has 0 bridgehead atoms. The zero-order valence-electron chi connectivity index (χ0n) is 35.7. The summed E-state index contributed by atoms with van der Waals surface area (Å²) in [6, 6.07) is -0.760. The molecule has 57 heavy (non-hydrogen) atoms. The van der Waals surface area contributed by atoms with Gasteiger partial charge < -0.3 is 34.8 Å². The molecule has 2 aliphatic heterocycles. The van der Waals surface area contributed by atoms with Crippen LogP contribution < -0.4 is 0 Å². The SMILES string of the molecule is CC/C(C)=C/C=C/C=C/CCC(C)C(=O)[C@H](O)C(O)/C(C)=C/CC(C)=O.CCCOC(=O)C1CCCCN1C(=O)C(=O)C1(O)OCCCC1C.OC1CCCCC1. The third-order valence-electron chi connectivity index (χ3n) is 10.7. The van der Waals surface area contributed by atoms with Crippen LogP contribution in [0.3, 0.4) is 0 Å². The van der Waals surface area contributed by atoms with Crippen LogP contribution in [-0.4, -0.2) is 104 Å². The van der Waals surface area contributed by atoms with Crippen LogP contribution in [0.15, 0.2) is 47.6 Å². The Morgan fingerprint density at radius 2 is 1.56 bits per heavy atom. The number of amides is 1. The fourth-order valence-electron chi connectivity index (χ4n) is 6.51. The van der Waals surface area contributed by atoms with Gasteiger partial charge in [0.25, 0.3) is 11.7 Å². The van der Waals surface area contributed by atoms with E-state index in [4.69, 9.17) is 14.6 Å². The first-order valence-corrected chi connectivity index (χ1v) is 21.1. The van der Waals surface area contributed by atoms with Gasteiger partial charge in [0.15, 0.2) is 5.78 Å². The molecule has 0 radical (unpaired) electrons. The van der Waals surface area contributed by atoms with Gasteiger partial charge in [-0.05, 0) is 97.0 Å². The first kappa shape index (κ1) is 51.7. The van der Waals surface area contributed by atoms with Crippen LogP contribution in [0.1, 0.15) is 145 Å². The molecule has 1 amide bonds. The van der Waals surface area contributed by atoms with Crippen molar-refractivity contribution in [2.24, 2.45) is 11.8 Å². The fourth-order valence-corrected chi connectivity index (χ4v) is 6.51. The third-order valence-corrected chi connectivity index (χ3v) is 10.7. The lowest BCUT2D eigenvalue weighted by Crippen LogP contribution is -2.59. The summed E-state index contributed by atoms with van der Waals surface area (Å²) in [5.74, 6) is -5.64. The van der Waals surface area contributed by atoms with Gasteiger partial charge in [-0.1, -0.05) is 89.0 Å². The summed E-state index contributed by atoms with van der Waals surface area (Å²) in [4.78, 5) is 61.9. The number of carbonyl (C=O) groups excluding carboxylic acids is 5. The molecule has 12 heteroatoms. The van der Waals surface area contributed by atoms with E-state index in [0.717, 1.165) is 38.5 Å². The van der Waals surface area contributed by atoms with E-state index in [-0.39, 0.29) is 43.2 Å². The maximum atomic E-state index is 12.7. The van der Waals surface area contributed by atoms with Crippen molar-refractivity contribution in [1.29, 1.82) is 0 Å². The molecule has 1 aliphatic carbocycles. The zero-order valence-corrected chi connectivity index (χ0v) is 35.7. The zero-order chi connectivity index (χ0) is 43.0. The van der Waals surface area contributed by atoms with Crippen LogP contribution in [0, 0.1) is 11.8 Å². The molecule has 324 valence electrons. The molecule has 0 aromatic heterocycles. The number of aliphatic hydroxyl groups is 4. The Kier molecular flexibility index (Phi) is 25.6. The topological polar surface area (TPSA) is 188 Å². The minimum atomic E-state index is -2.09. The van der Waals surface area contributed by atoms with E-state index >= 15 is 0 Å². The van der Waals surface area contributed by atoms with Gasteiger partial charge in [0, 0.05) is 24.8 Å². The maximum absolute atomic E-state index is 12.7. The first-order valence-electron chi connectivity index (χ1n) is 21.1. The summed E-state index contributed by atoms with van der Waals surface area (Å²) in [6.45, 7) is 13.4. The van der Waals surface area contributed by atoms with Gasteiger partial charge in [0.05, 0.1) is 19.3 Å². The average Bonchev–Trinajstić information content (AvgIpc) is 3.21. The summed E-state index contributed by atoms with van der Waals surface area (Å²) in [6.07, 6.45) is 21.2. The molecule has 4 N–H and O–H groups in total. The quantitative estimate of drug-likeness (QED) is 0.0550. The minimum absolute atomic E-state index is 0.0353. The molecule has 6 atom stereocenters. The van der Waals surface area contributed by atoms with Gasteiger partial charge in [-0.3, -0.25) is 19.2 Å². The number of Topliss-reactive ketones (excluding diaryl/α,β-unsaturated/α-hetero) is 3. The highest BCUT2D eigenvalue weighted by molar-refractivity contribution is 6.39. The van der Waals surface area contributed by atoms with Gasteiger partial charge in [0.1, 0.15) is 24.0 Å². The predicted octanol–water partition coefficient (Wildman–Crippen LogP) is 6.42. The van der Waals surface area contributed by atoms with E-state index in [2.05, 4.69) is 19.9 Å². The summed E-state index contributed by atoms with van der Waals surface area (Å²) >= 11 is 0. The Morgan fingerprint density at radius 1 is 0.895 bits per heavy atom. The van der Waals surface area contributed by atoms with E-state index < -0.39 is 47.6 Å². The Morgan fingerprint density at radius 3 is 2.14 bits per heavy atom. The summed E-state index contributed by atoms with van der Waals surface area (Å²) in [7, 11) is 0. The second kappa shape index (κ2) is 28.2. The number of carbonyl (C=O) groups is 5. The van der Waals surface area contributed by atoms with Crippen LogP contribution in [0.2, 0.25) is 0 Å². The number of likely N-dealkylation sites (tertiary alicyclic amines) is 1. The van der Waals surface area contributed by atoms with Crippen LogP contribution in [0.4, 0.5) is 0 Å². The van der Waals surface area contributed by atoms with Crippen molar-refractivity contribution >= 4 is 29.2 Å². The van der Waals surface area contributed by atoms with Crippen molar-refractivity contribution in [2.45, 2.75) is 175 Å². The van der Waals surface area contributed by atoms with Gasteiger partial charge in [0.2, 0.25) is 5.79 Å². The fraction of sp³-hybridized carbons (Fsp3) is 0.711. The smallest absolute Gasteiger partial charge is 0.328 e. The molecule has 0 aromatic rings. The minimum Gasteiger partial charge on any atom is -0.464 e. The van der Waals surface area contributed by atoms with Gasteiger partial charge in [-0.15, -0.1) is 0 Å². The Labute approximate surface area is 341 Å². The molecule has 5 unspecified atom stereocenters. The van der Waals surface area contributed by atoms with Crippen LogP contribution >= 0.6 is 0 Å². The normalized spacial score (nSPS) is 23.7. The lowest BCUT2D eigenvalue weighted by molar-refractivity contribution is -0.240. The lowest BCUT2D eigenvalue weighted by atomic mass is 9.88. The number of esters is 1. The molecule has 1 saturated carbocycles. The number of nitrogens with zero attached hydrogens (tertiary/aromatic N) is 1. The van der Waals surface area contributed by atoms with E-state index in [1.165, 1.54) is 36.7 Å². The Bertz CT molecular complexity index is 1380. The van der Waals surface area contributed by atoms with Gasteiger partial charge in [-0.2, -0.15) is 0 Å².